The summed E-state index contributed by atoms with van der Waals surface area (Å²) in [5, 5.41) is 6.33. The molecule has 5 heteroatoms. The first kappa shape index (κ1) is 11.1. The summed E-state index contributed by atoms with van der Waals surface area (Å²) < 4.78 is 0. The number of nitrogens with zero attached hydrogens (tertiary/aromatic N) is 2. The number of benzene rings is 1. The summed E-state index contributed by atoms with van der Waals surface area (Å²) in [6.45, 7) is 1.34. The first-order valence-corrected chi connectivity index (χ1v) is 5.09. The highest BCUT2D eigenvalue weighted by molar-refractivity contribution is 6.19. The van der Waals surface area contributed by atoms with Crippen LogP contribution in [0.4, 0.5) is 5.82 Å². The Morgan fingerprint density at radius 2 is 1.88 bits per heavy atom. The second-order valence-electron chi connectivity index (χ2n) is 3.47. The molecule has 0 fully saturated rings. The van der Waals surface area contributed by atoms with Gasteiger partial charge in [0.05, 0.1) is 6.20 Å². The second-order valence-corrected chi connectivity index (χ2v) is 3.47. The maximum Gasteiger partial charge on any atom is 0.266 e. The van der Waals surface area contributed by atoms with Gasteiger partial charge in [0, 0.05) is 18.6 Å². The summed E-state index contributed by atoms with van der Waals surface area (Å²) in [4.78, 5) is 24.7. The molecule has 0 aliphatic rings. The van der Waals surface area contributed by atoms with Gasteiger partial charge in [0.1, 0.15) is 5.82 Å². The fourth-order valence-electron chi connectivity index (χ4n) is 1.50. The molecule has 1 N–H and O–H groups in total. The van der Waals surface area contributed by atoms with Crippen molar-refractivity contribution in [1.82, 2.24) is 10.2 Å². The van der Waals surface area contributed by atoms with Crippen LogP contribution in [0.25, 0.3) is 0 Å². The topological polar surface area (TPSA) is 66.1 Å². The van der Waals surface area contributed by atoms with E-state index >= 15 is 0 Å². The molecule has 0 saturated carbocycles. The molecule has 1 heterocycles. The van der Waals surface area contributed by atoms with E-state index in [1.54, 1.807) is 30.3 Å². The standard InChI is InChI=1S/C12H11N3O2/c1-9(16)15(11-7-8-13-14-11)12(17)10-5-3-2-4-6-10/h2-8H,1H3,(H,13,14). The number of aromatic amines is 1. The molecular formula is C12H11N3O2. The van der Waals surface area contributed by atoms with Gasteiger partial charge in [0.2, 0.25) is 5.91 Å². The van der Waals surface area contributed by atoms with Gasteiger partial charge in [0.25, 0.3) is 5.91 Å². The third-order valence-corrected chi connectivity index (χ3v) is 2.27. The van der Waals surface area contributed by atoms with Gasteiger partial charge in [0.15, 0.2) is 0 Å². The Bertz CT molecular complexity index is 520. The van der Waals surface area contributed by atoms with Crippen molar-refractivity contribution >= 4 is 17.6 Å². The van der Waals surface area contributed by atoms with Crippen LogP contribution in [0.3, 0.4) is 0 Å². The molecule has 0 bridgehead atoms. The van der Waals surface area contributed by atoms with Gasteiger partial charge >= 0.3 is 0 Å². The van der Waals surface area contributed by atoms with Crippen molar-refractivity contribution in [3.05, 3.63) is 48.2 Å². The lowest BCUT2D eigenvalue weighted by molar-refractivity contribution is -0.116. The third-order valence-electron chi connectivity index (χ3n) is 2.27. The number of nitrogens with one attached hydrogen (secondary N) is 1. The maximum atomic E-state index is 12.1. The zero-order valence-corrected chi connectivity index (χ0v) is 9.25. The van der Waals surface area contributed by atoms with E-state index < -0.39 is 0 Å². The SMILES string of the molecule is CC(=O)N(C(=O)c1ccccc1)c1ccn[nH]1. The number of amides is 2. The molecule has 0 aliphatic heterocycles. The van der Waals surface area contributed by atoms with Crippen LogP contribution < -0.4 is 4.90 Å². The summed E-state index contributed by atoms with van der Waals surface area (Å²) in [5.41, 5.74) is 0.456. The predicted molar refractivity (Wildman–Crippen MR) is 62.5 cm³/mol. The number of hydrogen-bond acceptors (Lipinski definition) is 3. The number of imide groups is 1. The first-order valence-electron chi connectivity index (χ1n) is 5.09. The van der Waals surface area contributed by atoms with E-state index in [2.05, 4.69) is 10.2 Å². The van der Waals surface area contributed by atoms with E-state index in [9.17, 15) is 9.59 Å². The van der Waals surface area contributed by atoms with E-state index in [-0.39, 0.29) is 11.8 Å². The number of anilines is 1. The van der Waals surface area contributed by atoms with Crippen LogP contribution in [0.2, 0.25) is 0 Å². The molecule has 0 saturated heterocycles. The van der Waals surface area contributed by atoms with Crippen LogP contribution in [0.5, 0.6) is 0 Å². The lowest BCUT2D eigenvalue weighted by atomic mass is 10.2. The van der Waals surface area contributed by atoms with Crippen LogP contribution in [-0.2, 0) is 4.79 Å². The fraction of sp³-hybridized carbons (Fsp3) is 0.0833. The number of hydrogen-bond donors (Lipinski definition) is 1. The van der Waals surface area contributed by atoms with Crippen LogP contribution in [-0.4, -0.2) is 22.0 Å². The van der Waals surface area contributed by atoms with Crippen molar-refractivity contribution in [3.8, 4) is 0 Å². The van der Waals surface area contributed by atoms with E-state index in [0.717, 1.165) is 4.90 Å². The van der Waals surface area contributed by atoms with Crippen molar-refractivity contribution in [2.75, 3.05) is 4.90 Å². The van der Waals surface area contributed by atoms with E-state index in [4.69, 9.17) is 0 Å². The normalized spacial score (nSPS) is 9.94. The summed E-state index contributed by atoms with van der Waals surface area (Å²) in [6.07, 6.45) is 1.49. The highest BCUT2D eigenvalue weighted by atomic mass is 16.2. The molecule has 1 aromatic heterocycles. The molecule has 2 rings (SSSR count). The van der Waals surface area contributed by atoms with Gasteiger partial charge in [-0.05, 0) is 12.1 Å². The quantitative estimate of drug-likeness (QED) is 0.850. The summed E-state index contributed by atoms with van der Waals surface area (Å²) >= 11 is 0. The minimum atomic E-state index is -0.373. The van der Waals surface area contributed by atoms with Gasteiger partial charge in [-0.3, -0.25) is 14.7 Å². The molecule has 1 aromatic carbocycles. The van der Waals surface area contributed by atoms with Gasteiger partial charge in [-0.2, -0.15) is 5.10 Å². The Balaban J connectivity index is 2.36. The van der Waals surface area contributed by atoms with Crippen molar-refractivity contribution in [2.45, 2.75) is 6.92 Å². The number of carbonyl (C=O) groups excluding carboxylic acids is 2. The molecule has 0 atom stereocenters. The van der Waals surface area contributed by atoms with Crippen LogP contribution in [0.15, 0.2) is 42.6 Å². The average molecular weight is 229 g/mol. The van der Waals surface area contributed by atoms with E-state index in [1.165, 1.54) is 13.1 Å². The van der Waals surface area contributed by atoms with Crippen molar-refractivity contribution in [2.24, 2.45) is 0 Å². The first-order chi connectivity index (χ1) is 8.20. The molecule has 2 aromatic rings. The Kier molecular flexibility index (Phi) is 3.00. The Morgan fingerprint density at radius 3 is 2.41 bits per heavy atom. The molecule has 0 unspecified atom stereocenters. The molecule has 2 amide bonds. The van der Waals surface area contributed by atoms with Crippen LogP contribution in [0.1, 0.15) is 17.3 Å². The van der Waals surface area contributed by atoms with E-state index in [1.807, 2.05) is 6.07 Å². The van der Waals surface area contributed by atoms with Gasteiger partial charge in [-0.15, -0.1) is 0 Å². The highest BCUT2D eigenvalue weighted by Gasteiger charge is 2.22. The summed E-state index contributed by atoms with van der Waals surface area (Å²) in [7, 11) is 0. The zero-order chi connectivity index (χ0) is 12.3. The molecule has 17 heavy (non-hydrogen) atoms. The largest absolute Gasteiger partial charge is 0.274 e. The minimum absolute atomic E-state index is 0.358. The molecular weight excluding hydrogens is 218 g/mol. The molecule has 5 nitrogen and oxygen atoms in total. The summed E-state index contributed by atoms with van der Waals surface area (Å²) in [5.74, 6) is -0.364. The lowest BCUT2D eigenvalue weighted by Gasteiger charge is -2.16. The Morgan fingerprint density at radius 1 is 1.18 bits per heavy atom. The summed E-state index contributed by atoms with van der Waals surface area (Å²) in [6, 6.07) is 10.2. The van der Waals surface area contributed by atoms with Gasteiger partial charge in [-0.1, -0.05) is 18.2 Å². The highest BCUT2D eigenvalue weighted by Crippen LogP contribution is 2.13. The molecule has 0 radical (unpaired) electrons. The Hall–Kier alpha value is -2.43. The number of rotatable bonds is 2. The zero-order valence-electron chi connectivity index (χ0n) is 9.25. The van der Waals surface area contributed by atoms with Crippen molar-refractivity contribution in [1.29, 1.82) is 0 Å². The molecule has 0 aliphatic carbocycles. The van der Waals surface area contributed by atoms with Crippen LogP contribution >= 0.6 is 0 Å². The second kappa shape index (κ2) is 4.61. The van der Waals surface area contributed by atoms with Gasteiger partial charge < -0.3 is 0 Å². The average Bonchev–Trinajstić information content (AvgIpc) is 2.83. The number of aromatic nitrogens is 2. The van der Waals surface area contributed by atoms with Crippen molar-refractivity contribution < 1.29 is 9.59 Å². The Labute approximate surface area is 98.1 Å². The monoisotopic (exact) mass is 229 g/mol. The minimum Gasteiger partial charge on any atom is -0.274 e. The van der Waals surface area contributed by atoms with Crippen molar-refractivity contribution in [3.63, 3.8) is 0 Å². The van der Waals surface area contributed by atoms with Gasteiger partial charge in [-0.25, -0.2) is 4.90 Å². The number of carbonyl (C=O) groups is 2. The van der Waals surface area contributed by atoms with E-state index in [0.29, 0.717) is 11.4 Å². The fourth-order valence-corrected chi connectivity index (χ4v) is 1.50. The lowest BCUT2D eigenvalue weighted by Crippen LogP contribution is -2.35. The van der Waals surface area contributed by atoms with Crippen LogP contribution in [0, 0.1) is 0 Å². The predicted octanol–water partition coefficient (Wildman–Crippen LogP) is 1.60. The maximum absolute atomic E-state index is 12.1. The molecule has 86 valence electrons. The smallest absolute Gasteiger partial charge is 0.266 e. The number of H-pyrrole nitrogens is 1. The third kappa shape index (κ3) is 2.23. The molecule has 0 spiro atoms.